The predicted molar refractivity (Wildman–Crippen MR) is 42.0 cm³/mol. The predicted octanol–water partition coefficient (Wildman–Crippen LogP) is -0.362. The van der Waals surface area contributed by atoms with Crippen molar-refractivity contribution in [1.29, 1.82) is 0 Å². The summed E-state index contributed by atoms with van der Waals surface area (Å²) in [5.41, 5.74) is 4.60. The molecule has 0 unspecified atom stereocenters. The molecule has 0 spiro atoms. The average Bonchev–Trinajstić information content (AvgIpc) is 1.62. The number of nitrogens with two attached hydrogens (primary N) is 1. The van der Waals surface area contributed by atoms with Crippen molar-refractivity contribution in [2.45, 2.75) is 26.4 Å². The standard InChI is InChI=1S/C6H13NO2.Na.H/c1-6(2,3)9-5(8)4-7;;/h4,7H2,1-3H3;;. The third-order valence-electron chi connectivity index (χ3n) is 0.587. The van der Waals surface area contributed by atoms with Gasteiger partial charge < -0.3 is 10.5 Å². The van der Waals surface area contributed by atoms with Crippen molar-refractivity contribution in [3.05, 3.63) is 0 Å². The van der Waals surface area contributed by atoms with Crippen LogP contribution in [0.2, 0.25) is 0 Å². The molecule has 0 amide bonds. The molecule has 3 nitrogen and oxygen atoms in total. The molecule has 0 aromatic heterocycles. The molecule has 0 saturated heterocycles. The van der Waals surface area contributed by atoms with Gasteiger partial charge in [0.25, 0.3) is 0 Å². The SMILES string of the molecule is CC(C)(C)OC(=O)CN.[NaH]. The Labute approximate surface area is 83.6 Å². The Morgan fingerprint density at radius 3 is 2.00 bits per heavy atom. The minimum absolute atomic E-state index is 0. The van der Waals surface area contributed by atoms with E-state index in [4.69, 9.17) is 10.5 Å². The molecular weight excluding hydrogens is 141 g/mol. The van der Waals surface area contributed by atoms with Gasteiger partial charge in [-0.2, -0.15) is 0 Å². The van der Waals surface area contributed by atoms with Crippen LogP contribution < -0.4 is 5.73 Å². The van der Waals surface area contributed by atoms with Crippen molar-refractivity contribution >= 4 is 35.5 Å². The Balaban J connectivity index is 0. The summed E-state index contributed by atoms with van der Waals surface area (Å²) in [4.78, 5) is 10.5. The third kappa shape index (κ3) is 8.43. The van der Waals surface area contributed by atoms with E-state index in [-0.39, 0.29) is 42.1 Å². The molecule has 2 N–H and O–H groups in total. The minimum atomic E-state index is -0.406. The second kappa shape index (κ2) is 5.13. The third-order valence-corrected chi connectivity index (χ3v) is 0.587. The maximum absolute atomic E-state index is 10.5. The monoisotopic (exact) mass is 155 g/mol. The molecule has 0 radical (unpaired) electrons. The van der Waals surface area contributed by atoms with Gasteiger partial charge >= 0.3 is 35.5 Å². The summed E-state index contributed by atoms with van der Waals surface area (Å²) >= 11 is 0. The van der Waals surface area contributed by atoms with Gasteiger partial charge in [0, 0.05) is 0 Å². The quantitative estimate of drug-likeness (QED) is 0.415. The van der Waals surface area contributed by atoms with E-state index >= 15 is 0 Å². The van der Waals surface area contributed by atoms with Gasteiger partial charge in [0.2, 0.25) is 0 Å². The van der Waals surface area contributed by atoms with Crippen molar-refractivity contribution < 1.29 is 9.53 Å². The molecule has 0 aliphatic heterocycles. The van der Waals surface area contributed by atoms with E-state index in [1.165, 1.54) is 0 Å². The second-order valence-corrected chi connectivity index (χ2v) is 2.79. The van der Waals surface area contributed by atoms with Crippen LogP contribution in [0, 0.1) is 0 Å². The Morgan fingerprint density at radius 1 is 1.50 bits per heavy atom. The maximum atomic E-state index is 10.5. The Bertz CT molecular complexity index is 109. The molecule has 0 aliphatic rings. The molecule has 4 heteroatoms. The summed E-state index contributed by atoms with van der Waals surface area (Å²) in [7, 11) is 0. The molecule has 0 aromatic carbocycles. The number of ether oxygens (including phenoxy) is 1. The van der Waals surface area contributed by atoms with E-state index < -0.39 is 5.60 Å². The molecule has 0 bridgehead atoms. The van der Waals surface area contributed by atoms with Crippen LogP contribution in [0.25, 0.3) is 0 Å². The summed E-state index contributed by atoms with van der Waals surface area (Å²) in [6, 6.07) is 0. The van der Waals surface area contributed by atoms with Gasteiger partial charge in [-0.3, -0.25) is 4.79 Å². The fraction of sp³-hybridized carbons (Fsp3) is 0.833. The number of hydrogen-bond acceptors (Lipinski definition) is 3. The molecule has 0 saturated carbocycles. The topological polar surface area (TPSA) is 52.3 Å². The first-order valence-corrected chi connectivity index (χ1v) is 2.87. The molecule has 56 valence electrons. The van der Waals surface area contributed by atoms with Gasteiger partial charge in [-0.25, -0.2) is 0 Å². The van der Waals surface area contributed by atoms with Crippen LogP contribution in [0.1, 0.15) is 20.8 Å². The summed E-state index contributed by atoms with van der Waals surface area (Å²) in [5, 5.41) is 0. The molecule has 0 heterocycles. The summed E-state index contributed by atoms with van der Waals surface area (Å²) < 4.78 is 4.82. The summed E-state index contributed by atoms with van der Waals surface area (Å²) in [5.74, 6) is -0.359. The fourth-order valence-corrected chi connectivity index (χ4v) is 0.383. The van der Waals surface area contributed by atoms with Crippen molar-refractivity contribution in [3.63, 3.8) is 0 Å². The van der Waals surface area contributed by atoms with E-state index in [0.29, 0.717) is 0 Å². The van der Waals surface area contributed by atoms with Crippen molar-refractivity contribution in [1.82, 2.24) is 0 Å². The van der Waals surface area contributed by atoms with Gasteiger partial charge in [0.05, 0.1) is 6.54 Å². The van der Waals surface area contributed by atoms with Crippen LogP contribution in [-0.4, -0.2) is 47.7 Å². The number of rotatable bonds is 1. The first-order valence-electron chi connectivity index (χ1n) is 2.87. The van der Waals surface area contributed by atoms with Crippen LogP contribution in [-0.2, 0) is 9.53 Å². The van der Waals surface area contributed by atoms with Gasteiger partial charge in [-0.05, 0) is 20.8 Å². The molecule has 0 aliphatic carbocycles. The van der Waals surface area contributed by atoms with Crippen molar-refractivity contribution in [2.75, 3.05) is 6.54 Å². The van der Waals surface area contributed by atoms with Crippen LogP contribution in [0.15, 0.2) is 0 Å². The van der Waals surface area contributed by atoms with E-state index in [9.17, 15) is 4.79 Å². The first-order chi connectivity index (χ1) is 3.95. The van der Waals surface area contributed by atoms with Crippen LogP contribution in [0.3, 0.4) is 0 Å². The van der Waals surface area contributed by atoms with Crippen LogP contribution >= 0.6 is 0 Å². The second-order valence-electron chi connectivity index (χ2n) is 2.79. The zero-order valence-electron chi connectivity index (χ0n) is 6.10. The first kappa shape index (κ1) is 13.1. The van der Waals surface area contributed by atoms with E-state index in [0.717, 1.165) is 0 Å². The molecule has 10 heavy (non-hydrogen) atoms. The molecule has 0 fully saturated rings. The van der Waals surface area contributed by atoms with Gasteiger partial charge in [0.15, 0.2) is 0 Å². The van der Waals surface area contributed by atoms with E-state index in [1.807, 2.05) is 0 Å². The van der Waals surface area contributed by atoms with E-state index in [1.54, 1.807) is 20.8 Å². The van der Waals surface area contributed by atoms with Crippen molar-refractivity contribution in [2.24, 2.45) is 5.73 Å². The number of hydrogen-bond donors (Lipinski definition) is 1. The van der Waals surface area contributed by atoms with Crippen molar-refractivity contribution in [3.8, 4) is 0 Å². The fourth-order valence-electron chi connectivity index (χ4n) is 0.383. The molecule has 0 aromatic rings. The van der Waals surface area contributed by atoms with Crippen LogP contribution in [0.5, 0.6) is 0 Å². The van der Waals surface area contributed by atoms with E-state index in [2.05, 4.69) is 0 Å². The number of carbonyl (C=O) groups is 1. The average molecular weight is 155 g/mol. The zero-order valence-corrected chi connectivity index (χ0v) is 6.10. The Hall–Kier alpha value is 0.430. The van der Waals surface area contributed by atoms with Gasteiger partial charge in [-0.15, -0.1) is 0 Å². The molecule has 0 rings (SSSR count). The number of esters is 1. The van der Waals surface area contributed by atoms with Crippen LogP contribution in [0.4, 0.5) is 0 Å². The Kier molecular flexibility index (Phi) is 6.69. The summed E-state index contributed by atoms with van der Waals surface area (Å²) in [6.45, 7) is 5.37. The Morgan fingerprint density at radius 2 is 1.90 bits per heavy atom. The molecule has 0 atom stereocenters. The number of carbonyl (C=O) groups excluding carboxylic acids is 1. The molecular formula is C6H14NNaO2. The zero-order chi connectivity index (χ0) is 7.49. The summed E-state index contributed by atoms with van der Waals surface area (Å²) in [6.07, 6.45) is 0. The normalized spacial score (nSPS) is 10.0. The van der Waals surface area contributed by atoms with Gasteiger partial charge in [-0.1, -0.05) is 0 Å². The van der Waals surface area contributed by atoms with Gasteiger partial charge in [0.1, 0.15) is 5.60 Å².